The molecule has 1 heterocycles. The first-order valence-electron chi connectivity index (χ1n) is 4.92. The molecule has 0 saturated carbocycles. The second-order valence-corrected chi connectivity index (χ2v) is 3.50. The number of aliphatic hydroxyl groups is 2. The average molecular weight is 210 g/mol. The predicted octanol–water partition coefficient (Wildman–Crippen LogP) is 0.454. The maximum absolute atomic E-state index is 9.42. The lowest BCUT2D eigenvalue weighted by Gasteiger charge is -2.33. The molecule has 2 N–H and O–H groups in total. The van der Waals surface area contributed by atoms with Gasteiger partial charge in [0.15, 0.2) is 6.29 Å². The Labute approximate surface area is 88.1 Å². The molecule has 4 nitrogen and oxygen atoms in total. The third kappa shape index (κ3) is 2.35. The maximum Gasteiger partial charge on any atom is 0.184 e. The molecule has 1 aromatic carbocycles. The molecule has 3 atom stereocenters. The highest BCUT2D eigenvalue weighted by Crippen LogP contribution is 2.25. The summed E-state index contributed by atoms with van der Waals surface area (Å²) in [7, 11) is 0. The number of aliphatic hydroxyl groups excluding tert-OH is 2. The van der Waals surface area contributed by atoms with Crippen molar-refractivity contribution in [2.45, 2.75) is 18.5 Å². The van der Waals surface area contributed by atoms with E-state index in [4.69, 9.17) is 14.6 Å². The molecule has 0 aromatic heterocycles. The molecule has 1 aliphatic heterocycles. The quantitative estimate of drug-likeness (QED) is 0.744. The van der Waals surface area contributed by atoms with Crippen LogP contribution < -0.4 is 0 Å². The zero-order valence-corrected chi connectivity index (χ0v) is 8.24. The van der Waals surface area contributed by atoms with Gasteiger partial charge in [0, 0.05) is 5.56 Å². The number of rotatable bonds is 2. The van der Waals surface area contributed by atoms with E-state index in [0.29, 0.717) is 0 Å². The molecule has 1 saturated heterocycles. The van der Waals surface area contributed by atoms with Gasteiger partial charge in [-0.1, -0.05) is 30.3 Å². The van der Waals surface area contributed by atoms with Gasteiger partial charge >= 0.3 is 0 Å². The third-order valence-corrected chi connectivity index (χ3v) is 2.40. The summed E-state index contributed by atoms with van der Waals surface area (Å²) in [6.45, 7) is -0.0152. The Bertz CT molecular complexity index is 301. The normalized spacial score (nSPS) is 31.5. The Kier molecular flexibility index (Phi) is 3.33. The van der Waals surface area contributed by atoms with Gasteiger partial charge in [0.05, 0.1) is 13.2 Å². The lowest BCUT2D eigenvalue weighted by molar-refractivity contribution is -0.263. The van der Waals surface area contributed by atoms with Crippen molar-refractivity contribution in [1.29, 1.82) is 0 Å². The topological polar surface area (TPSA) is 58.9 Å². The summed E-state index contributed by atoms with van der Waals surface area (Å²) in [5, 5.41) is 18.4. The molecule has 0 spiro atoms. The Morgan fingerprint density at radius 3 is 2.67 bits per heavy atom. The van der Waals surface area contributed by atoms with Gasteiger partial charge in [-0.15, -0.1) is 0 Å². The fraction of sp³-hybridized carbons (Fsp3) is 0.455. The molecule has 4 heteroatoms. The minimum atomic E-state index is -0.755. The van der Waals surface area contributed by atoms with Crippen LogP contribution in [0.25, 0.3) is 0 Å². The molecule has 3 unspecified atom stereocenters. The highest BCUT2D eigenvalue weighted by Gasteiger charge is 2.30. The van der Waals surface area contributed by atoms with Crippen LogP contribution in [0.5, 0.6) is 0 Å². The van der Waals surface area contributed by atoms with Crippen LogP contribution in [0.4, 0.5) is 0 Å². The van der Waals surface area contributed by atoms with Gasteiger partial charge in [-0.25, -0.2) is 0 Å². The highest BCUT2D eigenvalue weighted by molar-refractivity contribution is 5.16. The van der Waals surface area contributed by atoms with E-state index in [-0.39, 0.29) is 13.2 Å². The van der Waals surface area contributed by atoms with Crippen molar-refractivity contribution in [3.63, 3.8) is 0 Å². The summed E-state index contributed by atoms with van der Waals surface area (Å²) in [6.07, 6.45) is -1.81. The second kappa shape index (κ2) is 4.72. The molecule has 1 aliphatic rings. The summed E-state index contributed by atoms with van der Waals surface area (Å²) in [5.74, 6) is 0. The molecule has 1 aromatic rings. The Balaban J connectivity index is 2.06. The van der Waals surface area contributed by atoms with Crippen LogP contribution in [0.15, 0.2) is 30.3 Å². The molecule has 1 fully saturated rings. The first-order valence-corrected chi connectivity index (χ1v) is 4.92. The van der Waals surface area contributed by atoms with Crippen LogP contribution in [0.1, 0.15) is 11.9 Å². The van der Waals surface area contributed by atoms with Crippen LogP contribution in [0.3, 0.4) is 0 Å². The zero-order valence-electron chi connectivity index (χ0n) is 8.24. The fourth-order valence-corrected chi connectivity index (χ4v) is 1.53. The third-order valence-electron chi connectivity index (χ3n) is 2.40. The maximum atomic E-state index is 9.42. The monoisotopic (exact) mass is 210 g/mol. The molecular weight excluding hydrogens is 196 g/mol. The summed E-state index contributed by atoms with van der Waals surface area (Å²) in [5.41, 5.74) is 0.892. The Morgan fingerprint density at radius 2 is 2.00 bits per heavy atom. The van der Waals surface area contributed by atoms with Crippen molar-refractivity contribution in [2.24, 2.45) is 0 Å². The van der Waals surface area contributed by atoms with E-state index < -0.39 is 18.5 Å². The first kappa shape index (κ1) is 10.6. The predicted molar refractivity (Wildman–Crippen MR) is 53.1 cm³/mol. The molecule has 2 rings (SSSR count). The first-order chi connectivity index (χ1) is 7.31. The smallest absolute Gasteiger partial charge is 0.184 e. The summed E-state index contributed by atoms with van der Waals surface area (Å²) < 4.78 is 10.7. The van der Waals surface area contributed by atoms with E-state index in [2.05, 4.69) is 0 Å². The average Bonchev–Trinajstić information content (AvgIpc) is 2.31. The molecule has 82 valence electrons. The number of benzene rings is 1. The SMILES string of the molecule is OCC1OC(c2ccccc2)OCC1O. The van der Waals surface area contributed by atoms with E-state index in [0.717, 1.165) is 5.56 Å². The van der Waals surface area contributed by atoms with Crippen LogP contribution in [0.2, 0.25) is 0 Å². The molecule has 15 heavy (non-hydrogen) atoms. The van der Waals surface area contributed by atoms with Crippen molar-refractivity contribution in [3.05, 3.63) is 35.9 Å². The zero-order chi connectivity index (χ0) is 10.7. The van der Waals surface area contributed by atoms with Gasteiger partial charge < -0.3 is 19.7 Å². The summed E-state index contributed by atoms with van der Waals surface area (Å²) in [6, 6.07) is 9.46. The largest absolute Gasteiger partial charge is 0.394 e. The number of hydrogen-bond acceptors (Lipinski definition) is 4. The standard InChI is InChI=1S/C11H14O4/c12-6-10-9(13)7-14-11(15-10)8-4-2-1-3-5-8/h1-5,9-13H,6-7H2. The molecular formula is C11H14O4. The van der Waals surface area contributed by atoms with Gasteiger partial charge in [-0.3, -0.25) is 0 Å². The van der Waals surface area contributed by atoms with Crippen molar-refractivity contribution in [2.75, 3.05) is 13.2 Å². The number of hydrogen-bond donors (Lipinski definition) is 2. The Hall–Kier alpha value is -0.940. The lowest BCUT2D eigenvalue weighted by atomic mass is 10.1. The summed E-state index contributed by atoms with van der Waals surface area (Å²) >= 11 is 0. The molecule has 0 amide bonds. The Morgan fingerprint density at radius 1 is 1.27 bits per heavy atom. The molecule has 0 aliphatic carbocycles. The number of ether oxygens (including phenoxy) is 2. The minimum absolute atomic E-state index is 0.185. The fourth-order valence-electron chi connectivity index (χ4n) is 1.53. The molecule has 0 bridgehead atoms. The van der Waals surface area contributed by atoms with E-state index in [1.807, 2.05) is 30.3 Å². The van der Waals surface area contributed by atoms with Crippen LogP contribution in [-0.4, -0.2) is 35.6 Å². The van der Waals surface area contributed by atoms with Crippen LogP contribution in [-0.2, 0) is 9.47 Å². The van der Waals surface area contributed by atoms with Crippen molar-refractivity contribution in [3.8, 4) is 0 Å². The van der Waals surface area contributed by atoms with Crippen molar-refractivity contribution >= 4 is 0 Å². The van der Waals surface area contributed by atoms with E-state index >= 15 is 0 Å². The highest BCUT2D eigenvalue weighted by atomic mass is 16.7. The summed E-state index contributed by atoms with van der Waals surface area (Å²) in [4.78, 5) is 0. The van der Waals surface area contributed by atoms with Gasteiger partial charge in [-0.05, 0) is 0 Å². The van der Waals surface area contributed by atoms with Gasteiger partial charge in [-0.2, -0.15) is 0 Å². The lowest BCUT2D eigenvalue weighted by Crippen LogP contribution is -2.42. The van der Waals surface area contributed by atoms with Crippen LogP contribution >= 0.6 is 0 Å². The van der Waals surface area contributed by atoms with Crippen molar-refractivity contribution < 1.29 is 19.7 Å². The van der Waals surface area contributed by atoms with Crippen molar-refractivity contribution in [1.82, 2.24) is 0 Å². The van der Waals surface area contributed by atoms with Gasteiger partial charge in [0.25, 0.3) is 0 Å². The van der Waals surface area contributed by atoms with E-state index in [1.54, 1.807) is 0 Å². The van der Waals surface area contributed by atoms with E-state index in [9.17, 15) is 5.11 Å². The second-order valence-electron chi connectivity index (χ2n) is 3.50. The molecule has 0 radical (unpaired) electrons. The minimum Gasteiger partial charge on any atom is -0.394 e. The van der Waals surface area contributed by atoms with Crippen LogP contribution in [0, 0.1) is 0 Å². The van der Waals surface area contributed by atoms with Gasteiger partial charge in [0.1, 0.15) is 12.2 Å². The van der Waals surface area contributed by atoms with Gasteiger partial charge in [0.2, 0.25) is 0 Å². The van der Waals surface area contributed by atoms with E-state index in [1.165, 1.54) is 0 Å².